The van der Waals surface area contributed by atoms with Crippen LogP contribution in [0.3, 0.4) is 0 Å². The number of hydrogen-bond donors (Lipinski definition) is 0. The summed E-state index contributed by atoms with van der Waals surface area (Å²) in [5, 5.41) is 11.5. The number of ether oxygens (including phenoxy) is 3. The van der Waals surface area contributed by atoms with Crippen molar-refractivity contribution >= 4 is 17.9 Å². The minimum absolute atomic E-state index is 0.0248. The van der Waals surface area contributed by atoms with Crippen LogP contribution in [0.15, 0.2) is 60.8 Å². The van der Waals surface area contributed by atoms with E-state index < -0.39 is 18.1 Å². The summed E-state index contributed by atoms with van der Waals surface area (Å²) in [6.45, 7) is 4.42. The Labute approximate surface area is 298 Å². The summed E-state index contributed by atoms with van der Waals surface area (Å²) >= 11 is 0. The lowest BCUT2D eigenvalue weighted by molar-refractivity contribution is -0.889. The number of rotatable bonds is 32. The van der Waals surface area contributed by atoms with Gasteiger partial charge >= 0.3 is 11.9 Å². The summed E-state index contributed by atoms with van der Waals surface area (Å²) < 4.78 is 17.0. The second kappa shape index (κ2) is 32.2. The number of esters is 2. The molecule has 0 rings (SSSR count). The quantitative estimate of drug-likeness (QED) is 0.0305. The highest BCUT2D eigenvalue weighted by molar-refractivity contribution is 5.70. The van der Waals surface area contributed by atoms with Gasteiger partial charge in [-0.3, -0.25) is 9.59 Å². The van der Waals surface area contributed by atoms with Crippen LogP contribution in [0.25, 0.3) is 0 Å². The molecule has 0 heterocycles. The Kier molecular flexibility index (Phi) is 30.3. The molecule has 0 aliphatic carbocycles. The van der Waals surface area contributed by atoms with E-state index in [2.05, 4.69) is 74.6 Å². The summed E-state index contributed by atoms with van der Waals surface area (Å²) in [7, 11) is 5.37. The molecule has 8 heteroatoms. The molecule has 8 nitrogen and oxygen atoms in total. The molecule has 0 aromatic carbocycles. The van der Waals surface area contributed by atoms with Crippen molar-refractivity contribution in [3.8, 4) is 0 Å². The average Bonchev–Trinajstić information content (AvgIpc) is 3.05. The Morgan fingerprint density at radius 1 is 0.633 bits per heavy atom. The summed E-state index contributed by atoms with van der Waals surface area (Å²) in [5.74, 6) is -1.80. The highest BCUT2D eigenvalue weighted by Gasteiger charge is 2.25. The molecule has 0 fully saturated rings. The molecule has 0 radical (unpaired) electrons. The monoisotopic (exact) mass is 688 g/mol. The lowest BCUT2D eigenvalue weighted by Gasteiger charge is -2.34. The van der Waals surface area contributed by atoms with Crippen molar-refractivity contribution in [1.29, 1.82) is 0 Å². The number of likely N-dealkylation sites (N-methyl/N-ethyl adjacent to an activating group) is 1. The van der Waals surface area contributed by atoms with Crippen LogP contribution in [-0.2, 0) is 28.6 Å². The number of carboxylic acid groups (broad SMARTS) is 1. The summed E-state index contributed by atoms with van der Waals surface area (Å²) in [6.07, 6.45) is 37.0. The Bertz CT molecular complexity index is 990. The molecule has 0 aromatic heterocycles. The van der Waals surface area contributed by atoms with Gasteiger partial charge in [-0.1, -0.05) is 113 Å². The minimum atomic E-state index is -1.14. The fourth-order valence-electron chi connectivity index (χ4n) is 4.98. The van der Waals surface area contributed by atoms with Gasteiger partial charge < -0.3 is 28.6 Å². The normalized spacial score (nSPS) is 13.7. The first-order valence-electron chi connectivity index (χ1n) is 18.8. The molecule has 0 bridgehead atoms. The lowest BCUT2D eigenvalue weighted by Crippen LogP contribution is -2.55. The molecule has 0 spiro atoms. The van der Waals surface area contributed by atoms with E-state index in [0.717, 1.165) is 70.6 Å². The molecule has 0 aliphatic rings. The predicted octanol–water partition coefficient (Wildman–Crippen LogP) is 8.13. The van der Waals surface area contributed by atoms with Crippen LogP contribution in [0.5, 0.6) is 0 Å². The van der Waals surface area contributed by atoms with Crippen molar-refractivity contribution < 1.29 is 38.2 Å². The van der Waals surface area contributed by atoms with Crippen molar-refractivity contribution in [3.05, 3.63) is 60.8 Å². The Balaban J connectivity index is 4.41. The highest BCUT2D eigenvalue weighted by Crippen LogP contribution is 2.11. The Morgan fingerprint density at radius 3 is 1.69 bits per heavy atom. The molecule has 280 valence electrons. The van der Waals surface area contributed by atoms with Gasteiger partial charge in [0.25, 0.3) is 0 Å². The first-order chi connectivity index (χ1) is 23.6. The zero-order chi connectivity index (χ0) is 36.4. The van der Waals surface area contributed by atoms with Gasteiger partial charge in [0.1, 0.15) is 12.6 Å². The summed E-state index contributed by atoms with van der Waals surface area (Å²) in [5.41, 5.74) is 0. The topological polar surface area (TPSA) is 102 Å². The fraction of sp³-hybridized carbons (Fsp3) is 0.683. The van der Waals surface area contributed by atoms with Crippen molar-refractivity contribution in [2.45, 2.75) is 142 Å². The number of hydrogen-bond acceptors (Lipinski definition) is 7. The number of quaternary nitrogens is 1. The lowest BCUT2D eigenvalue weighted by atomic mass is 10.1. The van der Waals surface area contributed by atoms with Crippen LogP contribution in [0.4, 0.5) is 0 Å². The molecule has 0 aromatic rings. The van der Waals surface area contributed by atoms with E-state index in [1.165, 1.54) is 19.3 Å². The molecule has 0 saturated carbocycles. The van der Waals surface area contributed by atoms with Gasteiger partial charge in [0.15, 0.2) is 6.10 Å². The summed E-state index contributed by atoms with van der Waals surface area (Å²) in [6, 6.07) is -0.731. The largest absolute Gasteiger partial charge is 0.544 e. The average molecular weight is 688 g/mol. The third kappa shape index (κ3) is 30.8. The van der Waals surface area contributed by atoms with E-state index in [9.17, 15) is 19.5 Å². The molecule has 49 heavy (non-hydrogen) atoms. The number of allylic oxidation sites excluding steroid dienone is 10. The summed E-state index contributed by atoms with van der Waals surface area (Å²) in [4.78, 5) is 36.4. The minimum Gasteiger partial charge on any atom is -0.544 e. The van der Waals surface area contributed by atoms with E-state index in [4.69, 9.17) is 14.2 Å². The third-order valence-electron chi connectivity index (χ3n) is 7.92. The number of nitrogens with zero attached hydrogens (tertiary/aromatic N) is 1. The number of unbranched alkanes of at least 4 members (excludes halogenated alkanes) is 8. The molecule has 0 N–H and O–H groups in total. The van der Waals surface area contributed by atoms with Crippen LogP contribution in [0.1, 0.15) is 129 Å². The second-order valence-electron chi connectivity index (χ2n) is 13.4. The number of carbonyl (C=O) groups excluding carboxylic acids is 3. The molecule has 0 amide bonds. The van der Waals surface area contributed by atoms with E-state index >= 15 is 0 Å². The van der Waals surface area contributed by atoms with E-state index in [0.29, 0.717) is 12.8 Å². The number of aliphatic carboxylic acids is 1. The van der Waals surface area contributed by atoms with Crippen LogP contribution < -0.4 is 5.11 Å². The van der Waals surface area contributed by atoms with Gasteiger partial charge in [0.05, 0.1) is 40.3 Å². The molecular weight excluding hydrogens is 618 g/mol. The standard InChI is InChI=1S/C41H69NO7/c1-6-8-10-12-14-15-16-17-18-19-20-21-22-23-24-25-26-28-30-32-40(44)49-37(35-47-34-33-38(41(45)46)42(3,4)5)36-48-39(43)31-29-27-13-11-9-7-2/h8,10,14-15,17-18,20-21,23-24,37-38H,6-7,9,11-13,16,19,22,25-36H2,1-5H3/b10-8-,15-14-,18-17-,21-20-,24-23-. The number of carbonyl (C=O) groups is 3. The molecule has 0 aliphatic heterocycles. The van der Waals surface area contributed by atoms with Crippen molar-refractivity contribution in [2.24, 2.45) is 0 Å². The Hall–Kier alpha value is -2.97. The number of carboxylic acids is 1. The first kappa shape index (κ1) is 46.0. The van der Waals surface area contributed by atoms with Crippen LogP contribution in [0, 0.1) is 0 Å². The van der Waals surface area contributed by atoms with Gasteiger partial charge in [-0.15, -0.1) is 0 Å². The van der Waals surface area contributed by atoms with Crippen molar-refractivity contribution in [1.82, 2.24) is 0 Å². The van der Waals surface area contributed by atoms with Crippen molar-refractivity contribution in [3.63, 3.8) is 0 Å². The third-order valence-corrected chi connectivity index (χ3v) is 7.92. The van der Waals surface area contributed by atoms with Gasteiger partial charge in [-0.25, -0.2) is 0 Å². The van der Waals surface area contributed by atoms with Gasteiger partial charge in [0, 0.05) is 19.3 Å². The van der Waals surface area contributed by atoms with E-state index in [-0.39, 0.29) is 49.1 Å². The first-order valence-corrected chi connectivity index (χ1v) is 18.8. The van der Waals surface area contributed by atoms with Gasteiger partial charge in [-0.05, 0) is 57.8 Å². The molecule has 0 saturated heterocycles. The maximum absolute atomic E-state index is 12.6. The van der Waals surface area contributed by atoms with Crippen LogP contribution >= 0.6 is 0 Å². The maximum Gasteiger partial charge on any atom is 0.306 e. The van der Waals surface area contributed by atoms with Crippen molar-refractivity contribution in [2.75, 3.05) is 41.0 Å². The SMILES string of the molecule is CC/C=C\C/C=C\C/C=C\C/C=C\C/C=C\CCCCCC(=O)OC(COCCC(C(=O)[O-])[N+](C)(C)C)COC(=O)CCCCCCCC. The molecule has 2 atom stereocenters. The van der Waals surface area contributed by atoms with Crippen LogP contribution in [0.2, 0.25) is 0 Å². The Morgan fingerprint density at radius 2 is 1.14 bits per heavy atom. The highest BCUT2D eigenvalue weighted by atomic mass is 16.6. The second-order valence-corrected chi connectivity index (χ2v) is 13.4. The zero-order valence-corrected chi connectivity index (χ0v) is 31.6. The van der Waals surface area contributed by atoms with E-state index in [1.54, 1.807) is 21.1 Å². The van der Waals surface area contributed by atoms with Gasteiger partial charge in [0.2, 0.25) is 0 Å². The smallest absolute Gasteiger partial charge is 0.306 e. The van der Waals surface area contributed by atoms with Crippen LogP contribution in [-0.4, -0.2) is 75.5 Å². The molecular formula is C41H69NO7. The van der Waals surface area contributed by atoms with E-state index in [1.807, 2.05) is 0 Å². The fourth-order valence-corrected chi connectivity index (χ4v) is 4.98. The zero-order valence-electron chi connectivity index (χ0n) is 31.6. The maximum atomic E-state index is 12.6. The predicted molar refractivity (Wildman–Crippen MR) is 199 cm³/mol. The van der Waals surface area contributed by atoms with Gasteiger partial charge in [-0.2, -0.15) is 0 Å². The molecule has 2 unspecified atom stereocenters.